The maximum Gasteiger partial charge on any atom is 0.297 e. The molecule has 0 aliphatic carbocycles. The van der Waals surface area contributed by atoms with Crippen LogP contribution in [0.1, 0.15) is 19.4 Å². The van der Waals surface area contributed by atoms with E-state index in [4.69, 9.17) is 13.9 Å². The molecule has 2 aromatic carbocycles. The molecular formula is C23H21N3O5. The van der Waals surface area contributed by atoms with E-state index >= 15 is 0 Å². The highest BCUT2D eigenvalue weighted by Crippen LogP contribution is 2.38. The summed E-state index contributed by atoms with van der Waals surface area (Å²) in [5, 5.41) is 3.59. The third-order valence-electron chi connectivity index (χ3n) is 5.24. The lowest BCUT2D eigenvalue weighted by Gasteiger charge is -2.14. The van der Waals surface area contributed by atoms with Crippen molar-refractivity contribution in [1.82, 2.24) is 9.55 Å². The first-order valence-electron chi connectivity index (χ1n) is 10.2. The molecule has 1 atom stereocenters. The number of rotatable bonds is 5. The molecule has 0 saturated heterocycles. The zero-order valence-electron chi connectivity index (χ0n) is 17.2. The van der Waals surface area contributed by atoms with E-state index in [-0.39, 0.29) is 24.1 Å². The minimum absolute atomic E-state index is 0.0793. The van der Waals surface area contributed by atoms with E-state index in [0.29, 0.717) is 29.1 Å². The molecule has 0 bridgehead atoms. The van der Waals surface area contributed by atoms with Crippen LogP contribution < -0.4 is 20.3 Å². The number of nitrogens with one attached hydrogen (secondary N) is 1. The van der Waals surface area contributed by atoms with E-state index < -0.39 is 5.56 Å². The molecule has 1 amide bonds. The average molecular weight is 419 g/mol. The molecule has 0 unspecified atom stereocenters. The molecule has 31 heavy (non-hydrogen) atoms. The van der Waals surface area contributed by atoms with E-state index in [1.165, 1.54) is 10.9 Å². The highest BCUT2D eigenvalue weighted by atomic mass is 16.5. The fraction of sp³-hybridized carbons (Fsp3) is 0.261. The summed E-state index contributed by atoms with van der Waals surface area (Å²) in [5.74, 6) is 0.922. The van der Waals surface area contributed by atoms with Crippen LogP contribution in [0.5, 0.6) is 11.5 Å². The van der Waals surface area contributed by atoms with Crippen molar-refractivity contribution in [1.29, 1.82) is 0 Å². The zero-order chi connectivity index (χ0) is 21.5. The number of furan rings is 1. The molecule has 3 heterocycles. The lowest BCUT2D eigenvalue weighted by molar-refractivity contribution is -0.116. The summed E-state index contributed by atoms with van der Waals surface area (Å²) in [6.07, 6.45) is 2.24. The van der Waals surface area contributed by atoms with Crippen LogP contribution in [0.3, 0.4) is 0 Å². The Bertz CT molecular complexity index is 1370. The number of hydrogen-bond donors (Lipinski definition) is 1. The van der Waals surface area contributed by atoms with Crippen LogP contribution in [-0.2, 0) is 17.8 Å². The summed E-state index contributed by atoms with van der Waals surface area (Å²) >= 11 is 0. The predicted molar refractivity (Wildman–Crippen MR) is 116 cm³/mol. The van der Waals surface area contributed by atoms with Crippen molar-refractivity contribution in [3.8, 4) is 11.5 Å². The van der Waals surface area contributed by atoms with Gasteiger partial charge in [0.15, 0.2) is 0 Å². The maximum absolute atomic E-state index is 12.8. The SMILES string of the molecule is CCOc1cc2c(cc1NC(=O)Cn1cnc3c(oc4ccccc43)c1=O)O[C@@H](C)C2. The molecule has 4 aromatic rings. The van der Waals surface area contributed by atoms with Crippen molar-refractivity contribution in [2.45, 2.75) is 32.9 Å². The fourth-order valence-electron chi connectivity index (χ4n) is 3.88. The number of para-hydroxylation sites is 1. The number of fused-ring (bicyclic) bond motifs is 4. The first-order valence-corrected chi connectivity index (χ1v) is 10.2. The van der Waals surface area contributed by atoms with Crippen molar-refractivity contribution >= 4 is 33.7 Å². The minimum atomic E-state index is -0.410. The van der Waals surface area contributed by atoms with Crippen LogP contribution in [0.2, 0.25) is 0 Å². The van der Waals surface area contributed by atoms with Gasteiger partial charge in [0.25, 0.3) is 5.56 Å². The Morgan fingerprint density at radius 3 is 3.00 bits per heavy atom. The highest BCUT2D eigenvalue weighted by molar-refractivity contribution is 6.01. The third-order valence-corrected chi connectivity index (χ3v) is 5.24. The van der Waals surface area contributed by atoms with Crippen molar-refractivity contribution in [2.24, 2.45) is 0 Å². The van der Waals surface area contributed by atoms with Gasteiger partial charge in [0, 0.05) is 23.4 Å². The number of carbonyl (C=O) groups is 1. The second-order valence-electron chi connectivity index (χ2n) is 7.52. The average Bonchev–Trinajstić information content (AvgIpc) is 3.30. The van der Waals surface area contributed by atoms with Gasteiger partial charge < -0.3 is 19.2 Å². The first kappa shape index (κ1) is 19.2. The second-order valence-corrected chi connectivity index (χ2v) is 7.52. The van der Waals surface area contributed by atoms with E-state index in [2.05, 4.69) is 10.3 Å². The molecule has 5 rings (SSSR count). The van der Waals surface area contributed by atoms with Gasteiger partial charge in [0.2, 0.25) is 11.5 Å². The lowest BCUT2D eigenvalue weighted by atomic mass is 10.1. The zero-order valence-corrected chi connectivity index (χ0v) is 17.2. The van der Waals surface area contributed by atoms with E-state index in [9.17, 15) is 9.59 Å². The van der Waals surface area contributed by atoms with Gasteiger partial charge in [-0.15, -0.1) is 0 Å². The van der Waals surface area contributed by atoms with Gasteiger partial charge in [-0.2, -0.15) is 0 Å². The molecule has 1 aliphatic heterocycles. The molecule has 0 spiro atoms. The summed E-state index contributed by atoms with van der Waals surface area (Å²) in [6.45, 7) is 4.13. The standard InChI is InChI=1S/C23H21N3O5/c1-3-29-19-9-14-8-13(2)30-18(14)10-16(19)25-20(27)11-26-12-24-21-15-6-4-5-7-17(15)31-22(21)23(26)28/h4-7,9-10,12-13H,3,8,11H2,1-2H3,(H,25,27)/t13-/m0/s1. The molecule has 0 fully saturated rings. The molecule has 2 aromatic heterocycles. The third kappa shape index (κ3) is 3.39. The number of hydrogen-bond acceptors (Lipinski definition) is 6. The smallest absolute Gasteiger partial charge is 0.297 e. The summed E-state index contributed by atoms with van der Waals surface area (Å²) in [6, 6.07) is 11.0. The Morgan fingerprint density at radius 1 is 1.32 bits per heavy atom. The Morgan fingerprint density at radius 2 is 2.16 bits per heavy atom. The monoisotopic (exact) mass is 419 g/mol. The molecular weight excluding hydrogens is 398 g/mol. The van der Waals surface area contributed by atoms with Crippen molar-refractivity contribution in [2.75, 3.05) is 11.9 Å². The number of benzene rings is 2. The summed E-state index contributed by atoms with van der Waals surface area (Å²) in [5.41, 5.74) is 2.34. The maximum atomic E-state index is 12.8. The van der Waals surface area contributed by atoms with Gasteiger partial charge >= 0.3 is 0 Å². The Labute approximate surface area is 177 Å². The van der Waals surface area contributed by atoms with Gasteiger partial charge in [0.1, 0.15) is 35.2 Å². The number of nitrogens with zero attached hydrogens (tertiary/aromatic N) is 2. The minimum Gasteiger partial charge on any atom is -0.492 e. The van der Waals surface area contributed by atoms with Gasteiger partial charge in [0.05, 0.1) is 18.6 Å². The molecule has 1 aliphatic rings. The van der Waals surface area contributed by atoms with Crippen LogP contribution in [0.4, 0.5) is 5.69 Å². The highest BCUT2D eigenvalue weighted by Gasteiger charge is 2.23. The van der Waals surface area contributed by atoms with Crippen LogP contribution in [-0.4, -0.2) is 28.2 Å². The normalized spacial score (nSPS) is 15.1. The van der Waals surface area contributed by atoms with E-state index in [1.807, 2.05) is 38.1 Å². The number of amides is 1. The van der Waals surface area contributed by atoms with Gasteiger partial charge in [-0.25, -0.2) is 4.98 Å². The molecule has 0 saturated carbocycles. The predicted octanol–water partition coefficient (Wildman–Crippen LogP) is 3.50. The van der Waals surface area contributed by atoms with E-state index in [0.717, 1.165) is 23.1 Å². The Kier molecular flexibility index (Phi) is 4.62. The first-order chi connectivity index (χ1) is 15.0. The molecule has 158 valence electrons. The Balaban J connectivity index is 1.43. The van der Waals surface area contributed by atoms with Crippen molar-refractivity contribution in [3.63, 3.8) is 0 Å². The molecule has 1 N–H and O–H groups in total. The van der Waals surface area contributed by atoms with Gasteiger partial charge in [-0.05, 0) is 32.0 Å². The Hall–Kier alpha value is -3.81. The van der Waals surface area contributed by atoms with Crippen molar-refractivity contribution < 1.29 is 18.7 Å². The van der Waals surface area contributed by atoms with Crippen LogP contribution >= 0.6 is 0 Å². The molecule has 0 radical (unpaired) electrons. The largest absolute Gasteiger partial charge is 0.492 e. The number of ether oxygens (including phenoxy) is 2. The summed E-state index contributed by atoms with van der Waals surface area (Å²) in [4.78, 5) is 29.9. The molecule has 8 nitrogen and oxygen atoms in total. The molecule has 8 heteroatoms. The fourth-order valence-corrected chi connectivity index (χ4v) is 3.88. The van der Waals surface area contributed by atoms with Crippen LogP contribution in [0, 0.1) is 0 Å². The number of anilines is 1. The van der Waals surface area contributed by atoms with Gasteiger partial charge in [-0.1, -0.05) is 12.1 Å². The summed E-state index contributed by atoms with van der Waals surface area (Å²) < 4.78 is 18.4. The van der Waals surface area contributed by atoms with Crippen LogP contribution in [0.25, 0.3) is 22.1 Å². The topological polar surface area (TPSA) is 95.6 Å². The number of aromatic nitrogens is 2. The quantitative estimate of drug-likeness (QED) is 0.532. The lowest BCUT2D eigenvalue weighted by Crippen LogP contribution is -2.27. The van der Waals surface area contributed by atoms with E-state index in [1.54, 1.807) is 12.1 Å². The van der Waals surface area contributed by atoms with Gasteiger partial charge in [-0.3, -0.25) is 14.2 Å². The summed E-state index contributed by atoms with van der Waals surface area (Å²) in [7, 11) is 0. The second kappa shape index (κ2) is 7.46. The van der Waals surface area contributed by atoms with Crippen molar-refractivity contribution in [3.05, 3.63) is 58.6 Å². The van der Waals surface area contributed by atoms with Crippen LogP contribution in [0.15, 0.2) is 51.9 Å². The number of carbonyl (C=O) groups excluding carboxylic acids is 1.